The summed E-state index contributed by atoms with van der Waals surface area (Å²) >= 11 is 1.40. The Bertz CT molecular complexity index is 1010. The number of carbonyl (C=O) groups is 2. The molecule has 1 aromatic carbocycles. The molecule has 3 rings (SSSR count). The van der Waals surface area contributed by atoms with Crippen LogP contribution in [-0.2, 0) is 30.9 Å². The maximum atomic E-state index is 13.3. The van der Waals surface area contributed by atoms with Crippen LogP contribution in [0.2, 0.25) is 0 Å². The van der Waals surface area contributed by atoms with Crippen LogP contribution in [0, 0.1) is 0 Å². The number of Topliss-reactive ketones (excluding diaryl/α,β-unsaturated/α-hetero) is 1. The fourth-order valence-electron chi connectivity index (χ4n) is 3.75. The number of nitrogens with zero attached hydrogens (tertiary/aromatic N) is 1. The second-order valence-electron chi connectivity index (χ2n) is 8.99. The number of thiophene rings is 1. The molecule has 2 aromatic rings. The summed E-state index contributed by atoms with van der Waals surface area (Å²) in [6.45, 7) is 7.98. The van der Waals surface area contributed by atoms with Crippen LogP contribution in [0.1, 0.15) is 44.7 Å². The third-order valence-corrected chi connectivity index (χ3v) is 7.79. The number of ether oxygens (including phenoxy) is 1. The molecule has 8 nitrogen and oxygen atoms in total. The topological polar surface area (TPSA) is 116 Å². The van der Waals surface area contributed by atoms with Gasteiger partial charge >= 0.3 is 5.97 Å². The molecule has 2 heterocycles. The predicted octanol–water partition coefficient (Wildman–Crippen LogP) is 3.02. The molecule has 1 aliphatic rings. The van der Waals surface area contributed by atoms with E-state index in [1.165, 1.54) is 11.3 Å². The molecule has 0 amide bonds. The van der Waals surface area contributed by atoms with E-state index in [2.05, 4.69) is 9.62 Å². The van der Waals surface area contributed by atoms with Crippen LogP contribution >= 0.6 is 11.3 Å². The largest absolute Gasteiger partial charge is 0.508 e. The van der Waals surface area contributed by atoms with Gasteiger partial charge in [0.2, 0.25) is 0 Å². The predicted molar refractivity (Wildman–Crippen MR) is 129 cm³/mol. The van der Waals surface area contributed by atoms with Gasteiger partial charge in [0.25, 0.3) is 0 Å². The number of carbonyl (C=O) groups excluding carboxylic acids is 1. The minimum absolute atomic E-state index is 0.0632. The Morgan fingerprint density at radius 1 is 1.21 bits per heavy atom. The lowest BCUT2D eigenvalue weighted by Crippen LogP contribution is -2.50. The third-order valence-electron chi connectivity index (χ3n) is 5.47. The molecule has 1 saturated heterocycles. The summed E-state index contributed by atoms with van der Waals surface area (Å²) in [5, 5.41) is 24.0. The van der Waals surface area contributed by atoms with Crippen molar-refractivity contribution in [2.24, 2.45) is 0 Å². The SMILES string of the molecule is CC(C)(C)S(=O)NC(CC(=O)CC(=O)O)(c1ccsc1)c1ccc(N2CCOCC2)cc1O. The molecule has 2 atom stereocenters. The van der Waals surface area contributed by atoms with Gasteiger partial charge in [0, 0.05) is 36.8 Å². The number of carboxylic acids is 1. The first kappa shape index (κ1) is 25.4. The number of ketones is 1. The standard InChI is InChI=1S/C23H30N2O6S2/c1-22(2,3)33(30)24-23(16-6-11-32-15-16,14-18(26)13-21(28)29)19-5-4-17(12-20(19)27)25-7-9-31-10-8-25/h4-6,11-12,15,24,27H,7-10,13-14H2,1-3H3,(H,28,29). The Balaban J connectivity index is 2.12. The number of rotatable bonds is 9. The number of aliphatic carboxylic acids is 1. The fourth-order valence-corrected chi connectivity index (χ4v) is 5.40. The van der Waals surface area contributed by atoms with Gasteiger partial charge in [-0.2, -0.15) is 11.3 Å². The Hall–Kier alpha value is -2.27. The van der Waals surface area contributed by atoms with Crippen LogP contribution in [0.3, 0.4) is 0 Å². The zero-order valence-corrected chi connectivity index (χ0v) is 20.6. The number of hydrogen-bond donors (Lipinski definition) is 3. The van der Waals surface area contributed by atoms with Crippen molar-refractivity contribution in [3.05, 3.63) is 46.2 Å². The summed E-state index contributed by atoms with van der Waals surface area (Å²) in [7, 11) is -1.62. The van der Waals surface area contributed by atoms with E-state index in [0.29, 0.717) is 37.4 Å². The molecule has 0 bridgehead atoms. The molecule has 33 heavy (non-hydrogen) atoms. The van der Waals surface area contributed by atoms with Crippen molar-refractivity contribution in [2.45, 2.75) is 43.9 Å². The second kappa shape index (κ2) is 10.3. The molecule has 0 radical (unpaired) electrons. The maximum absolute atomic E-state index is 13.3. The quantitative estimate of drug-likeness (QED) is 0.459. The average molecular weight is 495 g/mol. The van der Waals surface area contributed by atoms with Crippen LogP contribution in [0.5, 0.6) is 5.75 Å². The van der Waals surface area contributed by atoms with E-state index >= 15 is 0 Å². The van der Waals surface area contributed by atoms with Crippen molar-refractivity contribution in [1.29, 1.82) is 0 Å². The van der Waals surface area contributed by atoms with Gasteiger partial charge in [-0.3, -0.25) is 9.59 Å². The van der Waals surface area contributed by atoms with Gasteiger partial charge in [-0.25, -0.2) is 8.93 Å². The summed E-state index contributed by atoms with van der Waals surface area (Å²) in [5.74, 6) is -1.83. The molecular weight excluding hydrogens is 464 g/mol. The highest BCUT2D eigenvalue weighted by atomic mass is 32.2. The van der Waals surface area contributed by atoms with Gasteiger partial charge in [-0.15, -0.1) is 0 Å². The molecule has 10 heteroatoms. The average Bonchev–Trinajstić information content (AvgIpc) is 3.28. The van der Waals surface area contributed by atoms with E-state index < -0.39 is 39.4 Å². The lowest BCUT2D eigenvalue weighted by Gasteiger charge is -2.37. The van der Waals surface area contributed by atoms with E-state index in [1.807, 2.05) is 16.8 Å². The van der Waals surface area contributed by atoms with Gasteiger partial charge in [-0.1, -0.05) is 6.07 Å². The molecule has 1 aromatic heterocycles. The summed E-state index contributed by atoms with van der Waals surface area (Å²) in [5.41, 5.74) is 0.457. The summed E-state index contributed by atoms with van der Waals surface area (Å²) in [6, 6.07) is 7.00. The fraction of sp³-hybridized carbons (Fsp3) is 0.478. The molecule has 0 aliphatic carbocycles. The van der Waals surface area contributed by atoms with E-state index in [-0.39, 0.29) is 12.2 Å². The molecule has 0 saturated carbocycles. The summed E-state index contributed by atoms with van der Waals surface area (Å²) < 4.78 is 21.1. The van der Waals surface area contributed by atoms with E-state index in [1.54, 1.807) is 39.0 Å². The number of benzene rings is 1. The molecule has 3 N–H and O–H groups in total. The van der Waals surface area contributed by atoms with E-state index in [0.717, 1.165) is 5.69 Å². The molecule has 0 spiro atoms. The van der Waals surface area contributed by atoms with Crippen LogP contribution in [-0.4, -0.2) is 57.2 Å². The number of morpholine rings is 1. The van der Waals surface area contributed by atoms with Crippen LogP contribution in [0.25, 0.3) is 0 Å². The molecule has 180 valence electrons. The van der Waals surface area contributed by atoms with E-state index in [4.69, 9.17) is 9.84 Å². The second-order valence-corrected chi connectivity index (χ2v) is 11.7. The van der Waals surface area contributed by atoms with Crippen molar-refractivity contribution in [1.82, 2.24) is 4.72 Å². The summed E-state index contributed by atoms with van der Waals surface area (Å²) in [4.78, 5) is 26.1. The lowest BCUT2D eigenvalue weighted by atomic mass is 9.80. The molecular formula is C23H30N2O6S2. The molecule has 2 unspecified atom stereocenters. The minimum Gasteiger partial charge on any atom is -0.508 e. The smallest absolute Gasteiger partial charge is 0.310 e. The highest BCUT2D eigenvalue weighted by molar-refractivity contribution is 7.84. The van der Waals surface area contributed by atoms with Crippen molar-refractivity contribution in [3.8, 4) is 5.75 Å². The highest BCUT2D eigenvalue weighted by Gasteiger charge is 2.42. The van der Waals surface area contributed by atoms with Crippen molar-refractivity contribution in [3.63, 3.8) is 0 Å². The highest BCUT2D eigenvalue weighted by Crippen LogP contribution is 2.42. The Morgan fingerprint density at radius 2 is 1.91 bits per heavy atom. The number of hydrogen-bond acceptors (Lipinski definition) is 7. The zero-order chi connectivity index (χ0) is 24.2. The third kappa shape index (κ3) is 6.00. The van der Waals surface area contributed by atoms with Crippen molar-refractivity contribution < 1.29 is 28.7 Å². The van der Waals surface area contributed by atoms with Crippen molar-refractivity contribution >= 4 is 39.8 Å². The Kier molecular flexibility index (Phi) is 7.94. The Morgan fingerprint density at radius 3 is 2.45 bits per heavy atom. The van der Waals surface area contributed by atoms with E-state index in [9.17, 15) is 18.9 Å². The van der Waals surface area contributed by atoms with Gasteiger partial charge in [0.1, 0.15) is 18.0 Å². The molecule has 1 aliphatic heterocycles. The normalized spacial score (nSPS) is 17.4. The first-order valence-corrected chi connectivity index (χ1v) is 12.7. The van der Waals surface area contributed by atoms with Gasteiger partial charge < -0.3 is 19.8 Å². The van der Waals surface area contributed by atoms with Crippen LogP contribution in [0.15, 0.2) is 35.0 Å². The number of phenols is 1. The van der Waals surface area contributed by atoms with Crippen LogP contribution in [0.4, 0.5) is 5.69 Å². The van der Waals surface area contributed by atoms with Crippen LogP contribution < -0.4 is 9.62 Å². The minimum atomic E-state index is -1.62. The number of nitrogens with one attached hydrogen (secondary N) is 1. The van der Waals surface area contributed by atoms with Gasteiger partial charge in [0.05, 0.1) is 34.5 Å². The molecule has 1 fully saturated rings. The first-order chi connectivity index (χ1) is 15.5. The Labute approximate surface area is 200 Å². The van der Waals surface area contributed by atoms with Gasteiger partial charge in [0.15, 0.2) is 0 Å². The first-order valence-electron chi connectivity index (χ1n) is 10.6. The number of carboxylic acid groups (broad SMARTS) is 1. The lowest BCUT2D eigenvalue weighted by molar-refractivity contribution is -0.140. The summed E-state index contributed by atoms with van der Waals surface area (Å²) in [6.07, 6.45) is -0.940. The maximum Gasteiger partial charge on any atom is 0.310 e. The monoisotopic (exact) mass is 494 g/mol. The van der Waals surface area contributed by atoms with Crippen molar-refractivity contribution in [2.75, 3.05) is 31.2 Å². The number of aromatic hydroxyl groups is 1. The number of anilines is 1. The zero-order valence-electron chi connectivity index (χ0n) is 19.0. The number of phenolic OH excluding ortho intramolecular Hbond substituents is 1. The van der Waals surface area contributed by atoms with Gasteiger partial charge in [-0.05, 0) is 49.2 Å².